The summed E-state index contributed by atoms with van der Waals surface area (Å²) < 4.78 is 5.52. The number of hydrogen-bond donors (Lipinski definition) is 1. The fourth-order valence-electron chi connectivity index (χ4n) is 3.66. The van der Waals surface area contributed by atoms with Gasteiger partial charge in [-0.3, -0.25) is 19.5 Å². The molecule has 6 heteroatoms. The van der Waals surface area contributed by atoms with E-state index in [2.05, 4.69) is 10.3 Å². The summed E-state index contributed by atoms with van der Waals surface area (Å²) in [6.07, 6.45) is 3.30. The quantitative estimate of drug-likeness (QED) is 0.563. The van der Waals surface area contributed by atoms with Crippen LogP contribution < -0.4 is 10.1 Å². The molecule has 2 heterocycles. The first-order valence-corrected chi connectivity index (χ1v) is 10.5. The third kappa shape index (κ3) is 4.25. The number of aryl methyl sites for hydroxylation is 2. The van der Waals surface area contributed by atoms with Crippen molar-refractivity contribution in [3.8, 4) is 5.75 Å². The van der Waals surface area contributed by atoms with Gasteiger partial charge in [-0.15, -0.1) is 0 Å². The van der Waals surface area contributed by atoms with Crippen molar-refractivity contribution in [3.63, 3.8) is 0 Å². The van der Waals surface area contributed by atoms with Crippen molar-refractivity contribution in [1.29, 1.82) is 0 Å². The number of pyridine rings is 1. The van der Waals surface area contributed by atoms with Gasteiger partial charge in [0, 0.05) is 18.1 Å². The third-order valence-corrected chi connectivity index (χ3v) is 5.36. The molecular weight excluding hydrogens is 402 g/mol. The molecule has 0 unspecified atom stereocenters. The second-order valence-corrected chi connectivity index (χ2v) is 7.70. The van der Waals surface area contributed by atoms with Crippen molar-refractivity contribution < 1.29 is 14.3 Å². The van der Waals surface area contributed by atoms with Gasteiger partial charge in [0.25, 0.3) is 11.8 Å². The average molecular weight is 428 g/mol. The lowest BCUT2D eigenvalue weighted by molar-refractivity contribution is -0.137. The topological polar surface area (TPSA) is 71.5 Å². The van der Waals surface area contributed by atoms with E-state index in [-0.39, 0.29) is 24.1 Å². The van der Waals surface area contributed by atoms with Crippen molar-refractivity contribution in [2.45, 2.75) is 27.3 Å². The van der Waals surface area contributed by atoms with Gasteiger partial charge in [0.2, 0.25) is 0 Å². The highest BCUT2D eigenvalue weighted by Crippen LogP contribution is 2.33. The number of ether oxygens (including phenoxy) is 1. The van der Waals surface area contributed by atoms with Crippen molar-refractivity contribution in [2.24, 2.45) is 0 Å². The number of imide groups is 1. The molecule has 0 fully saturated rings. The van der Waals surface area contributed by atoms with Crippen LogP contribution in [0.15, 0.2) is 72.7 Å². The molecule has 0 aliphatic carbocycles. The van der Waals surface area contributed by atoms with Crippen molar-refractivity contribution in [1.82, 2.24) is 9.88 Å². The van der Waals surface area contributed by atoms with E-state index in [0.717, 1.165) is 22.4 Å². The zero-order valence-corrected chi connectivity index (χ0v) is 18.4. The summed E-state index contributed by atoms with van der Waals surface area (Å²) >= 11 is 0. The number of rotatable bonds is 7. The van der Waals surface area contributed by atoms with Crippen LogP contribution in [-0.4, -0.2) is 28.3 Å². The van der Waals surface area contributed by atoms with Gasteiger partial charge in [0.1, 0.15) is 11.4 Å². The fraction of sp³-hybridized carbons (Fsp3) is 0.192. The van der Waals surface area contributed by atoms with Gasteiger partial charge in [-0.2, -0.15) is 0 Å². The van der Waals surface area contributed by atoms with Crippen LogP contribution >= 0.6 is 0 Å². The Kier molecular flexibility index (Phi) is 6.03. The van der Waals surface area contributed by atoms with Crippen LogP contribution in [-0.2, 0) is 16.1 Å². The van der Waals surface area contributed by atoms with Gasteiger partial charge in [-0.25, -0.2) is 0 Å². The summed E-state index contributed by atoms with van der Waals surface area (Å²) in [5.41, 5.74) is 4.98. The summed E-state index contributed by atoms with van der Waals surface area (Å²) in [5, 5.41) is 3.26. The second kappa shape index (κ2) is 9.06. The molecule has 2 aromatic carbocycles. The lowest BCUT2D eigenvalue weighted by atomic mass is 10.0. The molecule has 6 nitrogen and oxygen atoms in total. The molecule has 0 radical (unpaired) electrons. The predicted octanol–water partition coefficient (Wildman–Crippen LogP) is 4.49. The van der Waals surface area contributed by atoms with E-state index in [1.165, 1.54) is 4.90 Å². The molecular formula is C26H25N3O3. The minimum atomic E-state index is -0.350. The number of carbonyl (C=O) groups is 2. The van der Waals surface area contributed by atoms with Crippen LogP contribution in [0.2, 0.25) is 0 Å². The molecule has 0 atom stereocenters. The summed E-state index contributed by atoms with van der Waals surface area (Å²) in [7, 11) is 0. The summed E-state index contributed by atoms with van der Waals surface area (Å²) in [4.78, 5) is 32.1. The van der Waals surface area contributed by atoms with E-state index in [9.17, 15) is 9.59 Å². The lowest BCUT2D eigenvalue weighted by Gasteiger charge is -2.16. The predicted molar refractivity (Wildman–Crippen MR) is 124 cm³/mol. The molecule has 1 aliphatic rings. The van der Waals surface area contributed by atoms with Crippen molar-refractivity contribution in [3.05, 3.63) is 94.9 Å². The van der Waals surface area contributed by atoms with Gasteiger partial charge < -0.3 is 10.1 Å². The summed E-state index contributed by atoms with van der Waals surface area (Å²) in [5.74, 6) is 0.0340. The molecule has 0 saturated carbocycles. The van der Waals surface area contributed by atoms with E-state index >= 15 is 0 Å². The first kappa shape index (κ1) is 21.3. The van der Waals surface area contributed by atoms with Crippen molar-refractivity contribution >= 4 is 23.1 Å². The SMILES string of the molecule is CCOc1ccc(C2=C(Nc3cc(C)ccc3C)C(=O)N(Cc3ccncc3)C2=O)cc1. The lowest BCUT2D eigenvalue weighted by Crippen LogP contribution is -2.32. The number of amides is 2. The van der Waals surface area contributed by atoms with Crippen LogP contribution in [0.25, 0.3) is 5.57 Å². The number of nitrogens with one attached hydrogen (secondary N) is 1. The molecule has 4 rings (SSSR count). The zero-order valence-electron chi connectivity index (χ0n) is 18.4. The third-order valence-electron chi connectivity index (χ3n) is 5.36. The number of hydrogen-bond acceptors (Lipinski definition) is 5. The van der Waals surface area contributed by atoms with Gasteiger partial charge >= 0.3 is 0 Å². The Morgan fingerprint density at radius 3 is 2.34 bits per heavy atom. The smallest absolute Gasteiger partial charge is 0.278 e. The molecule has 1 aliphatic heterocycles. The van der Waals surface area contributed by atoms with Crippen molar-refractivity contribution in [2.75, 3.05) is 11.9 Å². The normalized spacial score (nSPS) is 13.7. The molecule has 1 aromatic heterocycles. The summed E-state index contributed by atoms with van der Waals surface area (Å²) in [6, 6.07) is 16.8. The van der Waals surface area contributed by atoms with Crippen LogP contribution in [0.5, 0.6) is 5.75 Å². The van der Waals surface area contributed by atoms with E-state index in [0.29, 0.717) is 23.5 Å². The second-order valence-electron chi connectivity index (χ2n) is 7.70. The Morgan fingerprint density at radius 2 is 1.66 bits per heavy atom. The highest BCUT2D eigenvalue weighted by atomic mass is 16.5. The maximum absolute atomic E-state index is 13.4. The Morgan fingerprint density at radius 1 is 0.938 bits per heavy atom. The van der Waals surface area contributed by atoms with Crippen LogP contribution in [0, 0.1) is 13.8 Å². The minimum Gasteiger partial charge on any atom is -0.494 e. The minimum absolute atomic E-state index is 0.179. The Labute approximate surface area is 187 Å². The number of anilines is 1. The van der Waals surface area contributed by atoms with E-state index in [1.807, 2.05) is 63.2 Å². The number of benzene rings is 2. The maximum Gasteiger partial charge on any atom is 0.278 e. The molecule has 0 saturated heterocycles. The molecule has 162 valence electrons. The zero-order chi connectivity index (χ0) is 22.7. The van der Waals surface area contributed by atoms with Gasteiger partial charge in [-0.05, 0) is 73.4 Å². The molecule has 0 spiro atoms. The monoisotopic (exact) mass is 427 g/mol. The van der Waals surface area contributed by atoms with Gasteiger partial charge in [0.05, 0.1) is 18.7 Å². The Balaban J connectivity index is 1.75. The molecule has 3 aromatic rings. The largest absolute Gasteiger partial charge is 0.494 e. The molecule has 2 amide bonds. The number of aromatic nitrogens is 1. The molecule has 0 bridgehead atoms. The van der Waals surface area contributed by atoms with Gasteiger partial charge in [0.15, 0.2) is 0 Å². The first-order valence-electron chi connectivity index (χ1n) is 10.5. The molecule has 32 heavy (non-hydrogen) atoms. The first-order chi connectivity index (χ1) is 15.5. The highest BCUT2D eigenvalue weighted by Gasteiger charge is 2.39. The maximum atomic E-state index is 13.4. The Bertz CT molecular complexity index is 1180. The summed E-state index contributed by atoms with van der Waals surface area (Å²) in [6.45, 7) is 6.61. The van der Waals surface area contributed by atoms with Crippen LogP contribution in [0.4, 0.5) is 5.69 Å². The molecule has 1 N–H and O–H groups in total. The number of carbonyl (C=O) groups excluding carboxylic acids is 2. The van der Waals surface area contributed by atoms with Crippen LogP contribution in [0.1, 0.15) is 29.2 Å². The van der Waals surface area contributed by atoms with E-state index in [1.54, 1.807) is 24.5 Å². The average Bonchev–Trinajstić information content (AvgIpc) is 3.02. The highest BCUT2D eigenvalue weighted by molar-refractivity contribution is 6.36. The van der Waals surface area contributed by atoms with Gasteiger partial charge in [-0.1, -0.05) is 24.3 Å². The Hall–Kier alpha value is -3.93. The standard InChI is InChI=1S/C26H25N3O3/c1-4-32-21-9-7-20(8-10-21)23-24(28-22-15-17(2)5-6-18(22)3)26(31)29(25(23)30)16-19-11-13-27-14-12-19/h5-15,28H,4,16H2,1-3H3. The van der Waals surface area contributed by atoms with E-state index in [4.69, 9.17) is 4.74 Å². The number of nitrogens with zero attached hydrogens (tertiary/aromatic N) is 2. The fourth-order valence-corrected chi connectivity index (χ4v) is 3.66. The van der Waals surface area contributed by atoms with E-state index < -0.39 is 0 Å². The van der Waals surface area contributed by atoms with Crippen LogP contribution in [0.3, 0.4) is 0 Å².